The molecule has 2 unspecified atom stereocenters. The van der Waals surface area contributed by atoms with Crippen LogP contribution in [0.15, 0.2) is 0 Å². The number of sulfone groups is 1. The molecule has 1 saturated heterocycles. The summed E-state index contributed by atoms with van der Waals surface area (Å²) in [7, 11) is -3.02. The monoisotopic (exact) mass is 270 g/mol. The van der Waals surface area contributed by atoms with Crippen LogP contribution in [-0.2, 0) is 14.6 Å². The number of nitrogens with two attached hydrogens (primary N) is 1. The summed E-state index contributed by atoms with van der Waals surface area (Å²) in [4.78, 5) is 13.2. The van der Waals surface area contributed by atoms with E-state index in [1.807, 2.05) is 0 Å². The second-order valence-electron chi connectivity index (χ2n) is 3.94. The van der Waals surface area contributed by atoms with Crippen molar-refractivity contribution < 1.29 is 13.2 Å². The summed E-state index contributed by atoms with van der Waals surface area (Å²) in [5.74, 6) is 0.0150. The van der Waals surface area contributed by atoms with Crippen molar-refractivity contribution in [2.75, 3.05) is 18.8 Å². The van der Waals surface area contributed by atoms with E-state index in [-0.39, 0.29) is 36.5 Å². The molecule has 1 aliphatic rings. The van der Waals surface area contributed by atoms with E-state index in [2.05, 4.69) is 0 Å². The van der Waals surface area contributed by atoms with Gasteiger partial charge in [-0.2, -0.15) is 0 Å². The minimum absolute atomic E-state index is 0. The minimum atomic E-state index is -3.02. The van der Waals surface area contributed by atoms with Gasteiger partial charge in [0.05, 0.1) is 11.0 Å². The lowest BCUT2D eigenvalue weighted by Crippen LogP contribution is -2.54. The van der Waals surface area contributed by atoms with Gasteiger partial charge >= 0.3 is 0 Å². The lowest BCUT2D eigenvalue weighted by Gasteiger charge is -2.37. The number of carbonyl (C=O) groups is 1. The van der Waals surface area contributed by atoms with Crippen LogP contribution in [0.5, 0.6) is 0 Å². The first-order valence-electron chi connectivity index (χ1n) is 5.11. The van der Waals surface area contributed by atoms with Crippen LogP contribution < -0.4 is 5.73 Å². The van der Waals surface area contributed by atoms with E-state index in [0.29, 0.717) is 13.1 Å². The van der Waals surface area contributed by atoms with Crippen molar-refractivity contribution in [1.82, 2.24) is 4.90 Å². The standard InChI is InChI=1S/C9H18N2O3S.ClH/c1-7-8(2)15(13,14)6-5-11(7)9(12)3-4-10;/h7-8H,3-6,10H2,1-2H3;1H. The summed E-state index contributed by atoms with van der Waals surface area (Å²) < 4.78 is 23.1. The number of rotatable bonds is 2. The van der Waals surface area contributed by atoms with Crippen LogP contribution >= 0.6 is 12.4 Å². The van der Waals surface area contributed by atoms with Crippen LogP contribution in [0.3, 0.4) is 0 Å². The Labute approximate surface area is 103 Å². The molecule has 1 fully saturated rings. The Bertz CT molecular complexity index is 345. The molecule has 0 spiro atoms. The lowest BCUT2D eigenvalue weighted by atomic mass is 10.2. The summed E-state index contributed by atoms with van der Waals surface area (Å²) in [6, 6.07) is -0.247. The number of halogens is 1. The molecule has 5 nitrogen and oxygen atoms in total. The molecule has 7 heteroatoms. The molecular formula is C9H19ClN2O3S. The summed E-state index contributed by atoms with van der Waals surface area (Å²) >= 11 is 0. The summed E-state index contributed by atoms with van der Waals surface area (Å²) in [6.45, 7) is 4.04. The molecule has 1 aliphatic heterocycles. The SMILES string of the molecule is CC1C(C)S(=O)(=O)CCN1C(=O)CCN.Cl. The quantitative estimate of drug-likeness (QED) is 0.753. The van der Waals surface area contributed by atoms with Crippen molar-refractivity contribution in [2.45, 2.75) is 31.6 Å². The van der Waals surface area contributed by atoms with E-state index in [4.69, 9.17) is 5.73 Å². The van der Waals surface area contributed by atoms with E-state index < -0.39 is 15.1 Å². The Morgan fingerprint density at radius 2 is 2.00 bits per heavy atom. The first-order chi connectivity index (χ1) is 6.90. The highest BCUT2D eigenvalue weighted by molar-refractivity contribution is 7.92. The normalized spacial score (nSPS) is 28.3. The predicted molar refractivity (Wildman–Crippen MR) is 65.3 cm³/mol. The van der Waals surface area contributed by atoms with Gasteiger partial charge < -0.3 is 10.6 Å². The van der Waals surface area contributed by atoms with Gasteiger partial charge in [0.2, 0.25) is 5.91 Å². The molecule has 0 bridgehead atoms. The fraction of sp³-hybridized carbons (Fsp3) is 0.889. The van der Waals surface area contributed by atoms with Crippen LogP contribution in [0.25, 0.3) is 0 Å². The Hall–Kier alpha value is -0.330. The summed E-state index contributed by atoms with van der Waals surface area (Å²) in [6.07, 6.45) is 0.289. The first kappa shape index (κ1) is 15.7. The summed E-state index contributed by atoms with van der Waals surface area (Å²) in [5, 5.41) is -0.479. The maximum Gasteiger partial charge on any atom is 0.224 e. The predicted octanol–water partition coefficient (Wildman–Crippen LogP) is -0.209. The number of carbonyl (C=O) groups excluding carboxylic acids is 1. The maximum absolute atomic E-state index is 11.6. The van der Waals surface area contributed by atoms with Gasteiger partial charge in [-0.3, -0.25) is 4.79 Å². The molecule has 1 heterocycles. The van der Waals surface area contributed by atoms with Gasteiger partial charge in [0.25, 0.3) is 0 Å². The third kappa shape index (κ3) is 3.09. The van der Waals surface area contributed by atoms with E-state index >= 15 is 0 Å². The third-order valence-electron chi connectivity index (χ3n) is 3.03. The van der Waals surface area contributed by atoms with Crippen LogP contribution in [0, 0.1) is 0 Å². The van der Waals surface area contributed by atoms with Gasteiger partial charge in [-0.05, 0) is 13.8 Å². The van der Waals surface area contributed by atoms with Crippen molar-refractivity contribution in [2.24, 2.45) is 5.73 Å². The maximum atomic E-state index is 11.6. The smallest absolute Gasteiger partial charge is 0.224 e. The summed E-state index contributed by atoms with van der Waals surface area (Å²) in [5.41, 5.74) is 5.30. The van der Waals surface area contributed by atoms with E-state index in [0.717, 1.165) is 0 Å². The van der Waals surface area contributed by atoms with Gasteiger partial charge in [0, 0.05) is 25.6 Å². The molecule has 0 aliphatic carbocycles. The zero-order chi connectivity index (χ0) is 11.6. The van der Waals surface area contributed by atoms with E-state index in [9.17, 15) is 13.2 Å². The second kappa shape index (κ2) is 5.84. The molecule has 1 rings (SSSR count). The molecule has 96 valence electrons. The molecule has 16 heavy (non-hydrogen) atoms. The van der Waals surface area contributed by atoms with Crippen LogP contribution in [0.1, 0.15) is 20.3 Å². The van der Waals surface area contributed by atoms with E-state index in [1.54, 1.807) is 18.7 Å². The zero-order valence-electron chi connectivity index (χ0n) is 9.55. The highest BCUT2D eigenvalue weighted by Gasteiger charge is 2.37. The Morgan fingerprint density at radius 3 is 2.50 bits per heavy atom. The average Bonchev–Trinajstić information content (AvgIpc) is 2.15. The Kier molecular flexibility index (Phi) is 5.72. The minimum Gasteiger partial charge on any atom is -0.338 e. The molecule has 0 aromatic carbocycles. The van der Waals surface area contributed by atoms with Crippen LogP contribution in [0.4, 0.5) is 0 Å². The average molecular weight is 271 g/mol. The van der Waals surface area contributed by atoms with Gasteiger partial charge in [-0.25, -0.2) is 8.42 Å². The van der Waals surface area contributed by atoms with Crippen molar-refractivity contribution in [3.8, 4) is 0 Å². The highest BCUT2D eigenvalue weighted by atomic mass is 35.5. The van der Waals surface area contributed by atoms with Gasteiger partial charge in [-0.1, -0.05) is 0 Å². The fourth-order valence-corrected chi connectivity index (χ4v) is 3.36. The molecule has 2 atom stereocenters. The molecule has 0 saturated carbocycles. The van der Waals surface area contributed by atoms with Crippen LogP contribution in [-0.4, -0.2) is 49.4 Å². The highest BCUT2D eigenvalue weighted by Crippen LogP contribution is 2.19. The van der Waals surface area contributed by atoms with Gasteiger partial charge in [-0.15, -0.1) is 12.4 Å². The van der Waals surface area contributed by atoms with Crippen LogP contribution in [0.2, 0.25) is 0 Å². The van der Waals surface area contributed by atoms with E-state index in [1.165, 1.54) is 0 Å². The molecule has 2 N–H and O–H groups in total. The zero-order valence-corrected chi connectivity index (χ0v) is 11.2. The topological polar surface area (TPSA) is 80.5 Å². The number of hydrogen-bond donors (Lipinski definition) is 1. The number of amides is 1. The lowest BCUT2D eigenvalue weighted by molar-refractivity contribution is -0.132. The van der Waals surface area contributed by atoms with Crippen molar-refractivity contribution in [1.29, 1.82) is 0 Å². The Morgan fingerprint density at radius 1 is 1.44 bits per heavy atom. The number of hydrogen-bond acceptors (Lipinski definition) is 4. The third-order valence-corrected chi connectivity index (χ3v) is 5.31. The second-order valence-corrected chi connectivity index (χ2v) is 6.42. The molecular weight excluding hydrogens is 252 g/mol. The van der Waals surface area contributed by atoms with Gasteiger partial charge in [0.1, 0.15) is 0 Å². The molecule has 1 amide bonds. The van der Waals surface area contributed by atoms with Gasteiger partial charge in [0.15, 0.2) is 9.84 Å². The van der Waals surface area contributed by atoms with Crippen molar-refractivity contribution in [3.63, 3.8) is 0 Å². The number of nitrogens with zero attached hydrogens (tertiary/aromatic N) is 1. The molecule has 0 aromatic heterocycles. The Balaban J connectivity index is 0.00000225. The largest absolute Gasteiger partial charge is 0.338 e. The fourth-order valence-electron chi connectivity index (χ4n) is 1.79. The molecule has 0 radical (unpaired) electrons. The molecule has 0 aromatic rings. The van der Waals surface area contributed by atoms with Crippen molar-refractivity contribution in [3.05, 3.63) is 0 Å². The van der Waals surface area contributed by atoms with Crippen molar-refractivity contribution >= 4 is 28.2 Å². The first-order valence-corrected chi connectivity index (χ1v) is 6.83.